The third-order valence-electron chi connectivity index (χ3n) is 6.09. The van der Waals surface area contributed by atoms with Crippen molar-refractivity contribution in [1.29, 1.82) is 0 Å². The van der Waals surface area contributed by atoms with Crippen LogP contribution in [0, 0.1) is 12.9 Å². The van der Waals surface area contributed by atoms with E-state index in [-0.39, 0.29) is 11.3 Å². The van der Waals surface area contributed by atoms with Crippen LogP contribution in [0.4, 0.5) is 16.0 Å². The molecule has 0 radical (unpaired) electrons. The molecule has 8 nitrogen and oxygen atoms in total. The van der Waals surface area contributed by atoms with E-state index in [1.807, 2.05) is 45.9 Å². The Hall–Kier alpha value is -3.72. The molecular formula is C26H28FN5O3. The molecule has 1 fully saturated rings. The number of pyridine rings is 1. The van der Waals surface area contributed by atoms with Crippen LogP contribution in [0.2, 0.25) is 0 Å². The molecule has 0 saturated carbocycles. The topological polar surface area (TPSA) is 84.9 Å². The molecule has 0 atom stereocenters. The molecule has 1 aliphatic heterocycles. The van der Waals surface area contributed by atoms with E-state index in [0.717, 1.165) is 22.4 Å². The lowest BCUT2D eigenvalue weighted by Gasteiger charge is -2.29. The van der Waals surface area contributed by atoms with Crippen LogP contribution in [0.15, 0.2) is 47.3 Å². The van der Waals surface area contributed by atoms with E-state index in [4.69, 9.17) is 9.15 Å². The summed E-state index contributed by atoms with van der Waals surface area (Å²) < 4.78 is 27.2. The van der Waals surface area contributed by atoms with E-state index in [2.05, 4.69) is 20.2 Å². The van der Waals surface area contributed by atoms with Crippen LogP contribution in [0.5, 0.6) is 0 Å². The third-order valence-corrected chi connectivity index (χ3v) is 6.09. The van der Waals surface area contributed by atoms with Crippen molar-refractivity contribution < 1.29 is 18.3 Å². The highest BCUT2D eigenvalue weighted by Crippen LogP contribution is 2.32. The largest absolute Gasteiger partial charge is 0.424 e. The van der Waals surface area contributed by atoms with Crippen molar-refractivity contribution in [3.8, 4) is 11.1 Å². The standard InChI is InChI=1S/C26H28FN5O3/c1-16-5-6-17(24(33)30-22-14-29-25(35-22)26(2,3)4)11-19(16)18-12-20(31-7-9-34-10-8-31)23-28-13-21(27)32(23)15-18/h5-6,11-15H,7-10H2,1-4H3,(H,30,33). The number of amides is 1. The molecule has 1 amide bonds. The zero-order valence-corrected chi connectivity index (χ0v) is 20.3. The molecule has 1 aliphatic rings. The van der Waals surface area contributed by atoms with Crippen LogP contribution >= 0.6 is 0 Å². The molecule has 1 saturated heterocycles. The number of carbonyl (C=O) groups is 1. The molecule has 0 unspecified atom stereocenters. The number of halogens is 1. The van der Waals surface area contributed by atoms with Crippen LogP contribution in [-0.4, -0.2) is 46.6 Å². The maximum atomic E-state index is 14.6. The monoisotopic (exact) mass is 477 g/mol. The second-order valence-corrected chi connectivity index (χ2v) is 9.75. The highest BCUT2D eigenvalue weighted by atomic mass is 19.1. The number of hydrogen-bond acceptors (Lipinski definition) is 6. The first kappa shape index (κ1) is 23.0. The van der Waals surface area contributed by atoms with E-state index in [1.165, 1.54) is 16.8 Å². The van der Waals surface area contributed by atoms with E-state index in [1.54, 1.807) is 12.3 Å². The average Bonchev–Trinajstić information content (AvgIpc) is 3.46. The summed E-state index contributed by atoms with van der Waals surface area (Å²) in [6.45, 7) is 10.5. The van der Waals surface area contributed by atoms with Crippen LogP contribution in [0.25, 0.3) is 16.8 Å². The van der Waals surface area contributed by atoms with Gasteiger partial charge in [0.05, 0.1) is 31.3 Å². The van der Waals surface area contributed by atoms with Gasteiger partial charge >= 0.3 is 0 Å². The van der Waals surface area contributed by atoms with Crippen molar-refractivity contribution in [2.24, 2.45) is 0 Å². The molecule has 1 aromatic carbocycles. The number of anilines is 2. The number of ether oxygens (including phenoxy) is 1. The number of imidazole rings is 1. The van der Waals surface area contributed by atoms with Crippen molar-refractivity contribution in [2.75, 3.05) is 36.5 Å². The third kappa shape index (κ3) is 4.51. The van der Waals surface area contributed by atoms with Crippen molar-refractivity contribution in [2.45, 2.75) is 33.1 Å². The van der Waals surface area contributed by atoms with Gasteiger partial charge in [0.2, 0.25) is 17.7 Å². The minimum absolute atomic E-state index is 0.264. The van der Waals surface area contributed by atoms with Crippen molar-refractivity contribution in [1.82, 2.24) is 14.4 Å². The molecule has 0 bridgehead atoms. The lowest BCUT2D eigenvalue weighted by Crippen LogP contribution is -2.36. The van der Waals surface area contributed by atoms with Crippen molar-refractivity contribution in [3.63, 3.8) is 0 Å². The minimum Gasteiger partial charge on any atom is -0.424 e. The maximum Gasteiger partial charge on any atom is 0.258 e. The number of carbonyl (C=O) groups excluding carboxylic acids is 1. The van der Waals surface area contributed by atoms with E-state index in [9.17, 15) is 9.18 Å². The van der Waals surface area contributed by atoms with Gasteiger partial charge in [0.15, 0.2) is 5.65 Å². The van der Waals surface area contributed by atoms with Gasteiger partial charge in [-0.2, -0.15) is 4.39 Å². The zero-order valence-electron chi connectivity index (χ0n) is 20.3. The maximum absolute atomic E-state index is 14.6. The Morgan fingerprint density at radius 2 is 1.89 bits per heavy atom. The first-order valence-corrected chi connectivity index (χ1v) is 11.6. The summed E-state index contributed by atoms with van der Waals surface area (Å²) in [5, 5.41) is 2.78. The first-order chi connectivity index (χ1) is 16.7. The fraction of sp³-hybridized carbons (Fsp3) is 0.346. The Balaban J connectivity index is 1.51. The summed E-state index contributed by atoms with van der Waals surface area (Å²) in [6.07, 6.45) is 4.46. The Morgan fingerprint density at radius 1 is 1.11 bits per heavy atom. The predicted octanol–water partition coefficient (Wildman–Crippen LogP) is 4.82. The molecule has 4 heterocycles. The highest BCUT2D eigenvalue weighted by Gasteiger charge is 2.22. The SMILES string of the molecule is Cc1ccc(C(=O)Nc2cnc(C(C)(C)C)o2)cc1-c1cc(N2CCOCC2)c2ncc(F)n2c1. The summed E-state index contributed by atoms with van der Waals surface area (Å²) in [7, 11) is 0. The number of aromatic nitrogens is 3. The van der Waals surface area contributed by atoms with Gasteiger partial charge in [-0.3, -0.25) is 14.5 Å². The summed E-state index contributed by atoms with van der Waals surface area (Å²) in [4.78, 5) is 23.7. The number of nitrogens with zero attached hydrogens (tertiary/aromatic N) is 4. The molecular weight excluding hydrogens is 449 g/mol. The normalized spacial score (nSPS) is 14.5. The quantitative estimate of drug-likeness (QED) is 0.454. The molecule has 5 rings (SSSR count). The second-order valence-electron chi connectivity index (χ2n) is 9.75. The van der Waals surface area contributed by atoms with Crippen LogP contribution in [0.1, 0.15) is 42.6 Å². The fourth-order valence-electron chi connectivity index (χ4n) is 4.16. The molecule has 182 valence electrons. The van der Waals surface area contributed by atoms with Gasteiger partial charge in [-0.15, -0.1) is 0 Å². The second kappa shape index (κ2) is 8.81. The number of morpholine rings is 1. The number of nitrogens with one attached hydrogen (secondary N) is 1. The first-order valence-electron chi connectivity index (χ1n) is 11.6. The van der Waals surface area contributed by atoms with Crippen LogP contribution < -0.4 is 10.2 Å². The summed E-state index contributed by atoms with van der Waals surface area (Å²) in [6, 6.07) is 7.45. The van der Waals surface area contributed by atoms with Crippen molar-refractivity contribution >= 4 is 23.1 Å². The Labute approximate surface area is 202 Å². The lowest BCUT2D eigenvalue weighted by molar-refractivity contribution is 0.102. The summed E-state index contributed by atoms with van der Waals surface area (Å²) in [5.41, 5.74) is 4.16. The van der Waals surface area contributed by atoms with Crippen LogP contribution in [0.3, 0.4) is 0 Å². The zero-order chi connectivity index (χ0) is 24.7. The van der Waals surface area contributed by atoms with Gasteiger partial charge in [0, 0.05) is 35.8 Å². The van der Waals surface area contributed by atoms with Gasteiger partial charge in [-0.25, -0.2) is 9.97 Å². The Morgan fingerprint density at radius 3 is 2.60 bits per heavy atom. The predicted molar refractivity (Wildman–Crippen MR) is 132 cm³/mol. The minimum atomic E-state index is -0.442. The number of rotatable bonds is 4. The van der Waals surface area contributed by atoms with E-state index < -0.39 is 5.95 Å². The Kier molecular flexibility index (Phi) is 5.80. The molecule has 35 heavy (non-hydrogen) atoms. The van der Waals surface area contributed by atoms with Crippen molar-refractivity contribution in [3.05, 3.63) is 65.8 Å². The summed E-state index contributed by atoms with van der Waals surface area (Å²) in [5.74, 6) is 0.0799. The molecule has 9 heteroatoms. The number of aryl methyl sites for hydroxylation is 1. The number of fused-ring (bicyclic) bond motifs is 1. The lowest BCUT2D eigenvalue weighted by atomic mass is 9.97. The molecule has 4 aromatic rings. The highest BCUT2D eigenvalue weighted by molar-refractivity contribution is 6.04. The molecule has 0 spiro atoms. The van der Waals surface area contributed by atoms with Gasteiger partial charge in [-0.05, 0) is 36.2 Å². The summed E-state index contributed by atoms with van der Waals surface area (Å²) >= 11 is 0. The molecule has 1 N–H and O–H groups in total. The van der Waals surface area contributed by atoms with E-state index >= 15 is 0 Å². The van der Waals surface area contributed by atoms with Gasteiger partial charge < -0.3 is 14.1 Å². The van der Waals surface area contributed by atoms with E-state index in [0.29, 0.717) is 49.3 Å². The van der Waals surface area contributed by atoms with Crippen LogP contribution in [-0.2, 0) is 10.2 Å². The van der Waals surface area contributed by atoms with Gasteiger partial charge in [-0.1, -0.05) is 26.8 Å². The number of benzene rings is 1. The Bertz CT molecular complexity index is 1400. The number of oxazole rings is 1. The molecule has 3 aromatic heterocycles. The van der Waals surface area contributed by atoms with Gasteiger partial charge in [0.1, 0.15) is 0 Å². The average molecular weight is 478 g/mol. The van der Waals surface area contributed by atoms with Gasteiger partial charge in [0.25, 0.3) is 5.91 Å². The fourth-order valence-corrected chi connectivity index (χ4v) is 4.16. The number of hydrogen-bond donors (Lipinski definition) is 1. The smallest absolute Gasteiger partial charge is 0.258 e. The molecule has 0 aliphatic carbocycles.